The van der Waals surface area contributed by atoms with E-state index in [0.717, 1.165) is 0 Å². The van der Waals surface area contributed by atoms with E-state index in [1.807, 2.05) is 0 Å². The number of nitrogens with one attached hydrogen (secondary N) is 3. The smallest absolute Gasteiger partial charge is 0.271 e. The van der Waals surface area contributed by atoms with E-state index in [1.54, 1.807) is 55.6 Å². The fourth-order valence-electron chi connectivity index (χ4n) is 3.69. The van der Waals surface area contributed by atoms with Crippen LogP contribution in [-0.4, -0.2) is 23.3 Å². The average molecular weight is 574 g/mol. The molecular weight excluding hydrogens is 556 g/mol. The highest BCUT2D eigenvalue weighted by Crippen LogP contribution is 2.65. The minimum Gasteiger partial charge on any atom is -0.497 e. The number of hydrogen-bond donors (Lipinski definition) is 3. The van der Waals surface area contributed by atoms with Crippen molar-refractivity contribution in [1.82, 2.24) is 5.43 Å². The fourth-order valence-corrected chi connectivity index (χ4v) is 5.26. The molecule has 0 heterocycles. The Morgan fingerprint density at radius 2 is 1.51 bits per heavy atom. The Labute approximate surface area is 226 Å². The fraction of sp³-hybridized carbons (Fsp3) is 0.167. The van der Waals surface area contributed by atoms with E-state index >= 15 is 0 Å². The molecule has 2 unspecified atom stereocenters. The van der Waals surface area contributed by atoms with E-state index in [0.29, 0.717) is 32.7 Å². The molecule has 35 heavy (non-hydrogen) atoms. The monoisotopic (exact) mass is 571 g/mol. The van der Waals surface area contributed by atoms with Gasteiger partial charge in [-0.2, -0.15) is 0 Å². The van der Waals surface area contributed by atoms with E-state index in [-0.39, 0.29) is 10.6 Å². The van der Waals surface area contributed by atoms with E-state index in [2.05, 4.69) is 16.2 Å². The molecule has 3 aromatic carbocycles. The maximum absolute atomic E-state index is 13.0. The summed E-state index contributed by atoms with van der Waals surface area (Å²) in [7, 11) is 1.56. The number of carbonyl (C=O) groups excluding carboxylic acids is 2. The highest BCUT2D eigenvalue weighted by molar-refractivity contribution is 6.53. The Bertz CT molecular complexity index is 1260. The third-order valence-electron chi connectivity index (χ3n) is 5.47. The van der Waals surface area contributed by atoms with Gasteiger partial charge < -0.3 is 10.1 Å². The molecule has 0 radical (unpaired) electrons. The van der Waals surface area contributed by atoms with Crippen molar-refractivity contribution in [3.8, 4) is 5.75 Å². The summed E-state index contributed by atoms with van der Waals surface area (Å²) in [6, 6.07) is 16.4. The highest BCUT2D eigenvalue weighted by atomic mass is 35.5. The number of carbonyl (C=O) groups is 2. The SMILES string of the molecule is COc1ccc(NNC(=O)c2cc(NC(=O)C3C(c4cc(Cl)cc(Cl)c4)C3(Cl)Cl)ccc2Cl)cc1. The zero-order valence-corrected chi connectivity index (χ0v) is 21.8. The van der Waals surface area contributed by atoms with Gasteiger partial charge in [0.1, 0.15) is 10.1 Å². The molecule has 0 aromatic heterocycles. The molecule has 0 aliphatic heterocycles. The number of alkyl halides is 2. The molecule has 1 aliphatic rings. The topological polar surface area (TPSA) is 79.5 Å². The number of benzene rings is 3. The van der Waals surface area contributed by atoms with Crippen LogP contribution in [0.3, 0.4) is 0 Å². The average Bonchev–Trinajstić information content (AvgIpc) is 3.40. The van der Waals surface area contributed by atoms with Crippen molar-refractivity contribution in [2.75, 3.05) is 17.9 Å². The Hall–Kier alpha value is -2.35. The quantitative estimate of drug-likeness (QED) is 0.211. The first-order chi connectivity index (χ1) is 16.6. The molecule has 6 nitrogen and oxygen atoms in total. The zero-order valence-electron chi connectivity index (χ0n) is 18.0. The number of hydrogen-bond acceptors (Lipinski definition) is 4. The molecule has 1 aliphatic carbocycles. The number of ether oxygens (including phenoxy) is 1. The van der Waals surface area contributed by atoms with Crippen LogP contribution in [0.15, 0.2) is 60.7 Å². The second kappa shape index (κ2) is 10.3. The summed E-state index contributed by atoms with van der Waals surface area (Å²) in [5, 5.41) is 3.79. The summed E-state index contributed by atoms with van der Waals surface area (Å²) >= 11 is 31.2. The predicted octanol–water partition coefficient (Wildman–Crippen LogP) is 6.94. The van der Waals surface area contributed by atoms with Gasteiger partial charge in [0.05, 0.1) is 29.3 Å². The third-order valence-corrected chi connectivity index (χ3v) is 7.18. The van der Waals surface area contributed by atoms with E-state index in [9.17, 15) is 9.59 Å². The molecule has 1 saturated carbocycles. The molecule has 3 N–H and O–H groups in total. The van der Waals surface area contributed by atoms with Crippen molar-refractivity contribution in [3.63, 3.8) is 0 Å². The van der Waals surface area contributed by atoms with Crippen molar-refractivity contribution in [1.29, 1.82) is 0 Å². The molecule has 11 heteroatoms. The third kappa shape index (κ3) is 5.74. The predicted molar refractivity (Wildman–Crippen MR) is 141 cm³/mol. The van der Waals surface area contributed by atoms with Gasteiger partial charge in [0.2, 0.25) is 5.91 Å². The van der Waals surface area contributed by atoms with Crippen molar-refractivity contribution in [2.24, 2.45) is 5.92 Å². The van der Waals surface area contributed by atoms with Crippen molar-refractivity contribution >= 4 is 81.2 Å². The van der Waals surface area contributed by atoms with Crippen LogP contribution in [-0.2, 0) is 4.79 Å². The first kappa shape index (κ1) is 25.7. The number of anilines is 2. The van der Waals surface area contributed by atoms with E-state index < -0.39 is 28.0 Å². The van der Waals surface area contributed by atoms with Gasteiger partial charge in [-0.15, -0.1) is 23.2 Å². The summed E-state index contributed by atoms with van der Waals surface area (Å²) in [6.07, 6.45) is 0. The number of halogens is 5. The van der Waals surface area contributed by atoms with Crippen molar-refractivity contribution in [2.45, 2.75) is 10.3 Å². The van der Waals surface area contributed by atoms with Gasteiger partial charge in [-0.3, -0.25) is 20.4 Å². The van der Waals surface area contributed by atoms with Crippen LogP contribution in [0.2, 0.25) is 15.1 Å². The van der Waals surface area contributed by atoms with Crippen LogP contribution in [0.25, 0.3) is 0 Å². The molecule has 0 spiro atoms. The minimum absolute atomic E-state index is 0.155. The first-order valence-corrected chi connectivity index (χ1v) is 12.1. The van der Waals surface area contributed by atoms with E-state index in [4.69, 9.17) is 62.7 Å². The van der Waals surface area contributed by atoms with Crippen LogP contribution in [0.5, 0.6) is 5.75 Å². The van der Waals surface area contributed by atoms with Crippen LogP contribution >= 0.6 is 58.0 Å². The van der Waals surface area contributed by atoms with Crippen LogP contribution in [0.1, 0.15) is 21.8 Å². The maximum atomic E-state index is 13.0. The van der Waals surface area contributed by atoms with Gasteiger partial charge in [0.25, 0.3) is 5.91 Å². The molecular formula is C24H18Cl5N3O3. The first-order valence-electron chi connectivity index (χ1n) is 10.2. The molecule has 2 amide bonds. The Morgan fingerprint density at radius 3 is 2.14 bits per heavy atom. The summed E-state index contributed by atoms with van der Waals surface area (Å²) in [5.74, 6) is -1.47. The van der Waals surface area contributed by atoms with Gasteiger partial charge in [0.15, 0.2) is 0 Å². The molecule has 2 atom stereocenters. The standard InChI is InChI=1S/C24H18Cl5N3O3/c1-35-17-5-2-15(3-6-17)31-32-22(33)18-11-16(4-7-19(18)27)30-23(34)21-20(24(21,28)29)12-8-13(25)10-14(26)9-12/h2-11,20-21,31H,1H3,(H,30,34)(H,32,33). The summed E-state index contributed by atoms with van der Waals surface area (Å²) in [6.45, 7) is 0. The Kier molecular flexibility index (Phi) is 7.60. The lowest BCUT2D eigenvalue weighted by molar-refractivity contribution is -0.117. The summed E-state index contributed by atoms with van der Waals surface area (Å²) < 4.78 is 3.78. The summed E-state index contributed by atoms with van der Waals surface area (Å²) in [4.78, 5) is 25.7. The molecule has 0 saturated heterocycles. The number of amides is 2. The van der Waals surface area contributed by atoms with E-state index in [1.165, 1.54) is 12.1 Å². The van der Waals surface area contributed by atoms with Crippen LogP contribution in [0.4, 0.5) is 11.4 Å². The molecule has 3 aromatic rings. The van der Waals surface area contributed by atoms with Gasteiger partial charge in [-0.05, 0) is 66.2 Å². The molecule has 1 fully saturated rings. The largest absolute Gasteiger partial charge is 0.497 e. The molecule has 182 valence electrons. The Balaban J connectivity index is 1.44. The lowest BCUT2D eigenvalue weighted by Crippen LogP contribution is -2.29. The zero-order chi connectivity index (χ0) is 25.3. The number of hydrazine groups is 1. The number of methoxy groups -OCH3 is 1. The van der Waals surface area contributed by atoms with Gasteiger partial charge in [0, 0.05) is 21.7 Å². The lowest BCUT2D eigenvalue weighted by Gasteiger charge is -2.12. The second-order valence-corrected chi connectivity index (χ2v) is 10.5. The minimum atomic E-state index is -1.33. The normalized spacial score (nSPS) is 17.9. The summed E-state index contributed by atoms with van der Waals surface area (Å²) in [5.41, 5.74) is 7.17. The lowest BCUT2D eigenvalue weighted by atomic mass is 10.1. The van der Waals surface area contributed by atoms with Crippen molar-refractivity contribution < 1.29 is 14.3 Å². The van der Waals surface area contributed by atoms with Crippen LogP contribution in [0, 0.1) is 5.92 Å². The second-order valence-electron chi connectivity index (χ2n) is 7.82. The molecule has 0 bridgehead atoms. The highest BCUT2D eigenvalue weighted by Gasteiger charge is 2.67. The van der Waals surface area contributed by atoms with Gasteiger partial charge in [-0.1, -0.05) is 34.8 Å². The van der Waals surface area contributed by atoms with Crippen molar-refractivity contribution in [3.05, 3.63) is 86.9 Å². The van der Waals surface area contributed by atoms with Crippen LogP contribution < -0.4 is 20.9 Å². The van der Waals surface area contributed by atoms with Gasteiger partial charge in [-0.25, -0.2) is 0 Å². The molecule has 4 rings (SSSR count). The van der Waals surface area contributed by atoms with Gasteiger partial charge >= 0.3 is 0 Å². The maximum Gasteiger partial charge on any atom is 0.271 e. The number of rotatable bonds is 7. The Morgan fingerprint density at radius 1 is 0.886 bits per heavy atom.